The molecule has 4 unspecified atom stereocenters. The predicted molar refractivity (Wildman–Crippen MR) is 79.5 cm³/mol. The minimum absolute atomic E-state index is 0.0687. The zero-order valence-electron chi connectivity index (χ0n) is 12.8. The number of piperidine rings is 1. The predicted octanol–water partition coefficient (Wildman–Crippen LogP) is 0.161. The van der Waals surface area contributed by atoms with Crippen molar-refractivity contribution < 1.29 is 14.3 Å². The second-order valence-corrected chi connectivity index (χ2v) is 6.32. The SMILES string of the molecule is CC(CC(=O)NCC1CCC(C(N)=O)O1)C1CCCNC1. The Morgan fingerprint density at radius 3 is 2.81 bits per heavy atom. The molecule has 4 atom stereocenters. The highest BCUT2D eigenvalue weighted by molar-refractivity contribution is 5.79. The highest BCUT2D eigenvalue weighted by Crippen LogP contribution is 2.22. The van der Waals surface area contributed by atoms with Crippen LogP contribution in [0.3, 0.4) is 0 Å². The molecule has 120 valence electrons. The van der Waals surface area contributed by atoms with Gasteiger partial charge < -0.3 is 21.1 Å². The molecule has 6 heteroatoms. The third-order valence-corrected chi connectivity index (χ3v) is 4.60. The molecule has 0 bridgehead atoms. The fraction of sp³-hybridized carbons (Fsp3) is 0.867. The van der Waals surface area contributed by atoms with Crippen LogP contribution < -0.4 is 16.4 Å². The van der Waals surface area contributed by atoms with Gasteiger partial charge in [-0.25, -0.2) is 0 Å². The summed E-state index contributed by atoms with van der Waals surface area (Å²) in [4.78, 5) is 23.0. The minimum atomic E-state index is -0.487. The summed E-state index contributed by atoms with van der Waals surface area (Å²) in [6.45, 7) is 4.72. The number of ether oxygens (including phenoxy) is 1. The van der Waals surface area contributed by atoms with Crippen molar-refractivity contribution in [2.45, 2.75) is 51.2 Å². The van der Waals surface area contributed by atoms with Crippen molar-refractivity contribution >= 4 is 11.8 Å². The molecule has 0 aliphatic carbocycles. The van der Waals surface area contributed by atoms with Crippen LogP contribution in [0.4, 0.5) is 0 Å². The molecule has 6 nitrogen and oxygen atoms in total. The van der Waals surface area contributed by atoms with E-state index in [1.165, 1.54) is 12.8 Å². The van der Waals surface area contributed by atoms with E-state index in [2.05, 4.69) is 17.6 Å². The summed E-state index contributed by atoms with van der Waals surface area (Å²) in [7, 11) is 0. The third kappa shape index (κ3) is 4.97. The standard InChI is InChI=1S/C15H27N3O3/c1-10(11-3-2-6-17-8-11)7-14(19)18-9-12-4-5-13(21-12)15(16)20/h10-13,17H,2-9H2,1H3,(H2,16,20)(H,18,19). The van der Waals surface area contributed by atoms with E-state index in [0.717, 1.165) is 19.5 Å². The number of hydrogen-bond donors (Lipinski definition) is 3. The number of hydrogen-bond acceptors (Lipinski definition) is 4. The Hall–Kier alpha value is -1.14. The molecule has 0 radical (unpaired) electrons. The lowest BCUT2D eigenvalue weighted by molar-refractivity contribution is -0.128. The van der Waals surface area contributed by atoms with E-state index in [4.69, 9.17) is 10.5 Å². The molecule has 2 amide bonds. The summed E-state index contributed by atoms with van der Waals surface area (Å²) >= 11 is 0. The first-order valence-electron chi connectivity index (χ1n) is 7.98. The number of carbonyl (C=O) groups is 2. The van der Waals surface area contributed by atoms with Crippen molar-refractivity contribution in [3.8, 4) is 0 Å². The second-order valence-electron chi connectivity index (χ2n) is 6.32. The van der Waals surface area contributed by atoms with Gasteiger partial charge in [-0.15, -0.1) is 0 Å². The zero-order chi connectivity index (χ0) is 15.2. The van der Waals surface area contributed by atoms with Gasteiger partial charge in [0, 0.05) is 13.0 Å². The number of carbonyl (C=O) groups excluding carboxylic acids is 2. The van der Waals surface area contributed by atoms with Crippen LogP contribution in [0.25, 0.3) is 0 Å². The van der Waals surface area contributed by atoms with Gasteiger partial charge in [-0.05, 0) is 50.6 Å². The molecule has 2 saturated heterocycles. The summed E-state index contributed by atoms with van der Waals surface area (Å²) in [5.74, 6) is 0.633. The normalized spacial score (nSPS) is 30.8. The Morgan fingerprint density at radius 1 is 1.38 bits per heavy atom. The smallest absolute Gasteiger partial charge is 0.246 e. The molecule has 0 aromatic carbocycles. The summed E-state index contributed by atoms with van der Waals surface area (Å²) in [6, 6.07) is 0. The Bertz CT molecular complexity index is 369. The quantitative estimate of drug-likeness (QED) is 0.651. The molecule has 0 spiro atoms. The van der Waals surface area contributed by atoms with Crippen molar-refractivity contribution in [3.63, 3.8) is 0 Å². The first-order valence-corrected chi connectivity index (χ1v) is 7.98. The van der Waals surface area contributed by atoms with Crippen LogP contribution >= 0.6 is 0 Å². The van der Waals surface area contributed by atoms with E-state index >= 15 is 0 Å². The van der Waals surface area contributed by atoms with E-state index < -0.39 is 12.0 Å². The van der Waals surface area contributed by atoms with Gasteiger partial charge in [0.1, 0.15) is 6.10 Å². The lowest BCUT2D eigenvalue weighted by Gasteiger charge is -2.28. The highest BCUT2D eigenvalue weighted by atomic mass is 16.5. The van der Waals surface area contributed by atoms with Crippen LogP contribution in [0.2, 0.25) is 0 Å². The highest BCUT2D eigenvalue weighted by Gasteiger charge is 2.29. The average molecular weight is 297 g/mol. The monoisotopic (exact) mass is 297 g/mol. The van der Waals surface area contributed by atoms with Gasteiger partial charge in [0.15, 0.2) is 0 Å². The summed E-state index contributed by atoms with van der Waals surface area (Å²) in [5, 5.41) is 6.30. The third-order valence-electron chi connectivity index (χ3n) is 4.60. The van der Waals surface area contributed by atoms with Gasteiger partial charge in [-0.3, -0.25) is 9.59 Å². The molecule has 0 aromatic heterocycles. The maximum Gasteiger partial charge on any atom is 0.246 e. The second kappa shape index (κ2) is 7.75. The fourth-order valence-corrected chi connectivity index (χ4v) is 3.19. The number of rotatable bonds is 6. The van der Waals surface area contributed by atoms with Crippen LogP contribution in [0.1, 0.15) is 39.0 Å². The fourth-order valence-electron chi connectivity index (χ4n) is 3.19. The molecule has 2 aliphatic heterocycles. The maximum atomic E-state index is 12.0. The minimum Gasteiger partial charge on any atom is -0.367 e. The van der Waals surface area contributed by atoms with Crippen molar-refractivity contribution in [2.24, 2.45) is 17.6 Å². The van der Waals surface area contributed by atoms with E-state index in [0.29, 0.717) is 31.2 Å². The van der Waals surface area contributed by atoms with Crippen LogP contribution in [0.5, 0.6) is 0 Å². The van der Waals surface area contributed by atoms with Crippen molar-refractivity contribution in [1.82, 2.24) is 10.6 Å². The Kier molecular flexibility index (Phi) is 5.99. The molecule has 0 aromatic rings. The van der Waals surface area contributed by atoms with E-state index in [-0.39, 0.29) is 12.0 Å². The lowest BCUT2D eigenvalue weighted by atomic mass is 9.85. The molecule has 2 heterocycles. The molecule has 2 rings (SSSR count). The number of primary amides is 1. The summed E-state index contributed by atoms with van der Waals surface area (Å²) in [5.41, 5.74) is 5.21. The van der Waals surface area contributed by atoms with Gasteiger partial charge in [0.2, 0.25) is 11.8 Å². The number of nitrogens with two attached hydrogens (primary N) is 1. The Balaban J connectivity index is 1.64. The van der Waals surface area contributed by atoms with E-state index in [1.54, 1.807) is 0 Å². The van der Waals surface area contributed by atoms with Crippen LogP contribution in [0, 0.1) is 11.8 Å². The molecular weight excluding hydrogens is 270 g/mol. The van der Waals surface area contributed by atoms with Crippen molar-refractivity contribution in [1.29, 1.82) is 0 Å². The average Bonchev–Trinajstić information content (AvgIpc) is 2.95. The number of amides is 2. The molecule has 0 saturated carbocycles. The summed E-state index contributed by atoms with van der Waals surface area (Å²) in [6.07, 6.45) is 3.81. The molecule has 21 heavy (non-hydrogen) atoms. The van der Waals surface area contributed by atoms with Crippen LogP contribution in [-0.2, 0) is 14.3 Å². The first-order chi connectivity index (χ1) is 10.1. The van der Waals surface area contributed by atoms with Crippen LogP contribution in [-0.4, -0.2) is 43.7 Å². The lowest BCUT2D eigenvalue weighted by Crippen LogP contribution is -2.37. The van der Waals surface area contributed by atoms with Gasteiger partial charge in [0.25, 0.3) is 0 Å². The van der Waals surface area contributed by atoms with Gasteiger partial charge in [-0.2, -0.15) is 0 Å². The van der Waals surface area contributed by atoms with Gasteiger partial charge >= 0.3 is 0 Å². The van der Waals surface area contributed by atoms with E-state index in [9.17, 15) is 9.59 Å². The molecular formula is C15H27N3O3. The largest absolute Gasteiger partial charge is 0.367 e. The Labute approximate surface area is 126 Å². The molecule has 2 aliphatic rings. The van der Waals surface area contributed by atoms with E-state index in [1.807, 2.05) is 0 Å². The van der Waals surface area contributed by atoms with Crippen LogP contribution in [0.15, 0.2) is 0 Å². The summed E-state index contributed by atoms with van der Waals surface area (Å²) < 4.78 is 5.50. The topological polar surface area (TPSA) is 93.5 Å². The maximum absolute atomic E-state index is 12.0. The van der Waals surface area contributed by atoms with Crippen molar-refractivity contribution in [3.05, 3.63) is 0 Å². The van der Waals surface area contributed by atoms with Gasteiger partial charge in [-0.1, -0.05) is 6.92 Å². The molecule has 2 fully saturated rings. The zero-order valence-corrected chi connectivity index (χ0v) is 12.8. The van der Waals surface area contributed by atoms with Gasteiger partial charge in [0.05, 0.1) is 6.10 Å². The first kappa shape index (κ1) is 16.2. The van der Waals surface area contributed by atoms with Crippen molar-refractivity contribution in [2.75, 3.05) is 19.6 Å². The Morgan fingerprint density at radius 2 is 2.19 bits per heavy atom. The number of nitrogens with one attached hydrogen (secondary N) is 2. The molecule has 4 N–H and O–H groups in total.